The van der Waals surface area contributed by atoms with E-state index in [0.717, 1.165) is 0 Å². The third kappa shape index (κ3) is 4.82. The molecule has 0 saturated heterocycles. The van der Waals surface area contributed by atoms with E-state index >= 15 is 0 Å². The Bertz CT molecular complexity index is 477. The summed E-state index contributed by atoms with van der Waals surface area (Å²) in [7, 11) is 0. The van der Waals surface area contributed by atoms with Gasteiger partial charge in [0, 0.05) is 18.0 Å². The molecule has 19 heavy (non-hydrogen) atoms. The zero-order valence-corrected chi connectivity index (χ0v) is 10.5. The van der Waals surface area contributed by atoms with E-state index in [2.05, 4.69) is 17.9 Å². The molecule has 1 aromatic rings. The van der Waals surface area contributed by atoms with E-state index in [9.17, 15) is 22.8 Å². The first kappa shape index (κ1) is 15.4. The van der Waals surface area contributed by atoms with Gasteiger partial charge in [-0.2, -0.15) is 13.2 Å². The summed E-state index contributed by atoms with van der Waals surface area (Å²) in [6.45, 7) is -0.415. The largest absolute Gasteiger partial charge is 0.471 e. The van der Waals surface area contributed by atoms with Gasteiger partial charge in [0.15, 0.2) is 0 Å². The van der Waals surface area contributed by atoms with Crippen molar-refractivity contribution in [2.75, 3.05) is 13.1 Å². The summed E-state index contributed by atoms with van der Waals surface area (Å²) < 4.78 is 35.5. The van der Waals surface area contributed by atoms with Crippen LogP contribution in [0.2, 0.25) is 0 Å². The summed E-state index contributed by atoms with van der Waals surface area (Å²) in [4.78, 5) is 22.5. The molecule has 2 amide bonds. The van der Waals surface area contributed by atoms with Gasteiger partial charge in [0.1, 0.15) is 0 Å². The van der Waals surface area contributed by atoms with E-state index in [1.54, 1.807) is 23.5 Å². The highest BCUT2D eigenvalue weighted by Gasteiger charge is 2.38. The Morgan fingerprint density at radius 1 is 1.11 bits per heavy atom. The van der Waals surface area contributed by atoms with Crippen molar-refractivity contribution in [3.05, 3.63) is 29.8 Å². The van der Waals surface area contributed by atoms with E-state index < -0.39 is 18.0 Å². The second kappa shape index (κ2) is 6.46. The predicted octanol–water partition coefficient (Wildman–Crippen LogP) is 1.38. The van der Waals surface area contributed by atoms with E-state index in [-0.39, 0.29) is 13.1 Å². The van der Waals surface area contributed by atoms with Gasteiger partial charge in [0.25, 0.3) is 5.91 Å². The lowest BCUT2D eigenvalue weighted by Gasteiger charge is -2.09. The van der Waals surface area contributed by atoms with Crippen LogP contribution in [-0.2, 0) is 4.79 Å². The maximum atomic E-state index is 11.8. The van der Waals surface area contributed by atoms with E-state index in [1.807, 2.05) is 0 Å². The second-order valence-electron chi connectivity index (χ2n) is 3.53. The standard InChI is InChI=1S/C11H11F3N2O2S/c12-11(13,14)10(18)16-6-5-15-9(17)7-3-1-2-4-8(7)19/h1-4,19H,5-6H2,(H,15,17)(H,16,18). The van der Waals surface area contributed by atoms with E-state index in [1.165, 1.54) is 6.07 Å². The quantitative estimate of drug-likeness (QED) is 0.580. The molecule has 8 heteroatoms. The second-order valence-corrected chi connectivity index (χ2v) is 4.01. The number of thiol groups is 1. The summed E-state index contributed by atoms with van der Waals surface area (Å²) >= 11 is 4.07. The van der Waals surface area contributed by atoms with Crippen LogP contribution in [0.25, 0.3) is 0 Å². The van der Waals surface area contributed by atoms with Crippen LogP contribution in [0, 0.1) is 0 Å². The Kier molecular flexibility index (Phi) is 5.22. The number of carbonyl (C=O) groups is 2. The van der Waals surface area contributed by atoms with Gasteiger partial charge in [0.2, 0.25) is 0 Å². The predicted molar refractivity (Wildman–Crippen MR) is 65.1 cm³/mol. The molecule has 0 spiro atoms. The molecular formula is C11H11F3N2O2S. The molecule has 1 rings (SSSR count). The van der Waals surface area contributed by atoms with E-state index in [0.29, 0.717) is 10.5 Å². The minimum Gasteiger partial charge on any atom is -0.350 e. The van der Waals surface area contributed by atoms with Crippen LogP contribution >= 0.6 is 12.6 Å². The Morgan fingerprint density at radius 2 is 1.68 bits per heavy atom. The molecule has 0 bridgehead atoms. The molecule has 0 aliphatic carbocycles. The van der Waals surface area contributed by atoms with Crippen LogP contribution in [-0.4, -0.2) is 31.1 Å². The Balaban J connectivity index is 2.37. The van der Waals surface area contributed by atoms with Crippen LogP contribution < -0.4 is 10.6 Å². The number of hydrogen-bond donors (Lipinski definition) is 3. The third-order valence-corrected chi connectivity index (χ3v) is 2.49. The van der Waals surface area contributed by atoms with Gasteiger partial charge in [-0.15, -0.1) is 12.6 Å². The average Bonchev–Trinajstić information content (AvgIpc) is 2.33. The van der Waals surface area contributed by atoms with Gasteiger partial charge < -0.3 is 10.6 Å². The highest BCUT2D eigenvalue weighted by atomic mass is 32.1. The van der Waals surface area contributed by atoms with Gasteiger partial charge in [-0.25, -0.2) is 0 Å². The number of halogens is 3. The number of nitrogens with one attached hydrogen (secondary N) is 2. The van der Waals surface area contributed by atoms with Crippen LogP contribution in [0.5, 0.6) is 0 Å². The normalized spacial score (nSPS) is 10.9. The average molecular weight is 292 g/mol. The van der Waals surface area contributed by atoms with Gasteiger partial charge >= 0.3 is 12.1 Å². The monoisotopic (exact) mass is 292 g/mol. The van der Waals surface area contributed by atoms with Crippen molar-refractivity contribution >= 4 is 24.4 Å². The maximum absolute atomic E-state index is 11.8. The molecule has 104 valence electrons. The summed E-state index contributed by atoms with van der Waals surface area (Å²) in [5, 5.41) is 4.02. The lowest BCUT2D eigenvalue weighted by Crippen LogP contribution is -2.41. The molecule has 0 aliphatic rings. The summed E-state index contributed by atoms with van der Waals surface area (Å²) in [6, 6.07) is 6.48. The number of benzene rings is 1. The van der Waals surface area contributed by atoms with Gasteiger partial charge in [0.05, 0.1) is 5.56 Å². The van der Waals surface area contributed by atoms with Crippen LogP contribution in [0.4, 0.5) is 13.2 Å². The highest BCUT2D eigenvalue weighted by molar-refractivity contribution is 7.80. The Hall–Kier alpha value is -1.70. The number of alkyl halides is 3. The molecule has 0 atom stereocenters. The van der Waals surface area contributed by atoms with Crippen molar-refractivity contribution < 1.29 is 22.8 Å². The lowest BCUT2D eigenvalue weighted by atomic mass is 10.2. The summed E-state index contributed by atoms with van der Waals surface area (Å²) in [5.74, 6) is -2.50. The molecule has 0 unspecified atom stereocenters. The smallest absolute Gasteiger partial charge is 0.350 e. The molecule has 0 aliphatic heterocycles. The minimum absolute atomic E-state index is 0.108. The summed E-state index contributed by atoms with van der Waals surface area (Å²) in [6.07, 6.45) is -4.91. The van der Waals surface area contributed by atoms with Crippen LogP contribution in [0.3, 0.4) is 0 Å². The van der Waals surface area contributed by atoms with E-state index in [4.69, 9.17) is 0 Å². The fourth-order valence-electron chi connectivity index (χ4n) is 1.21. The SMILES string of the molecule is O=C(NCCNC(=O)C(F)(F)F)c1ccccc1S. The fourth-order valence-corrected chi connectivity index (χ4v) is 1.48. The third-order valence-electron chi connectivity index (χ3n) is 2.10. The molecular weight excluding hydrogens is 281 g/mol. The van der Waals surface area contributed by atoms with Crippen molar-refractivity contribution in [3.63, 3.8) is 0 Å². The zero-order valence-electron chi connectivity index (χ0n) is 9.62. The maximum Gasteiger partial charge on any atom is 0.471 e. The molecule has 2 N–H and O–H groups in total. The lowest BCUT2D eigenvalue weighted by molar-refractivity contribution is -0.173. The van der Waals surface area contributed by atoms with Crippen LogP contribution in [0.15, 0.2) is 29.2 Å². The van der Waals surface area contributed by atoms with Gasteiger partial charge in [-0.1, -0.05) is 12.1 Å². The Morgan fingerprint density at radius 3 is 2.26 bits per heavy atom. The number of amides is 2. The fraction of sp³-hybridized carbons (Fsp3) is 0.273. The molecule has 0 aromatic heterocycles. The number of hydrogen-bond acceptors (Lipinski definition) is 3. The summed E-state index contributed by atoms with van der Waals surface area (Å²) in [5.41, 5.74) is 0.313. The van der Waals surface area contributed by atoms with Crippen molar-refractivity contribution in [3.8, 4) is 0 Å². The van der Waals surface area contributed by atoms with Crippen LogP contribution in [0.1, 0.15) is 10.4 Å². The molecule has 4 nitrogen and oxygen atoms in total. The van der Waals surface area contributed by atoms with Gasteiger partial charge in [-0.3, -0.25) is 9.59 Å². The minimum atomic E-state index is -4.91. The number of carbonyl (C=O) groups excluding carboxylic acids is 2. The van der Waals surface area contributed by atoms with Crippen molar-refractivity contribution in [2.45, 2.75) is 11.1 Å². The number of rotatable bonds is 4. The first-order valence-corrected chi connectivity index (χ1v) is 5.68. The van der Waals surface area contributed by atoms with Crippen molar-refractivity contribution in [1.29, 1.82) is 0 Å². The topological polar surface area (TPSA) is 58.2 Å². The molecule has 0 saturated carbocycles. The molecule has 0 radical (unpaired) electrons. The zero-order chi connectivity index (χ0) is 14.5. The molecule has 1 aromatic carbocycles. The van der Waals surface area contributed by atoms with Crippen molar-refractivity contribution in [2.24, 2.45) is 0 Å². The molecule has 0 heterocycles. The molecule has 0 fully saturated rings. The van der Waals surface area contributed by atoms with Gasteiger partial charge in [-0.05, 0) is 12.1 Å². The van der Waals surface area contributed by atoms with Crippen molar-refractivity contribution in [1.82, 2.24) is 10.6 Å². The first-order chi connectivity index (χ1) is 8.82. The first-order valence-electron chi connectivity index (χ1n) is 5.23. The highest BCUT2D eigenvalue weighted by Crippen LogP contribution is 2.14. The Labute approximate surface area is 112 Å².